The predicted octanol–water partition coefficient (Wildman–Crippen LogP) is 4.76. The van der Waals surface area contributed by atoms with Crippen LogP contribution in [0, 0.1) is 50.7 Å². The van der Waals surface area contributed by atoms with E-state index in [9.17, 15) is 25.2 Å². The van der Waals surface area contributed by atoms with E-state index in [4.69, 9.17) is 14.2 Å². The molecule has 5 aliphatic carbocycles. The number of carbonyl (C=O) groups is 1. The predicted molar refractivity (Wildman–Crippen MR) is 165 cm³/mol. The lowest BCUT2D eigenvalue weighted by Crippen LogP contribution is -2.68. The summed E-state index contributed by atoms with van der Waals surface area (Å²) in [6, 6.07) is 0. The number of fused-ring (bicyclic) bond motifs is 7. The summed E-state index contributed by atoms with van der Waals surface area (Å²) in [5.74, 6) is 0.517. The van der Waals surface area contributed by atoms with Crippen molar-refractivity contribution >= 4 is 5.97 Å². The Morgan fingerprint density at radius 1 is 0.909 bits per heavy atom. The number of ether oxygens (including phenoxy) is 3. The average Bonchev–Trinajstić information content (AvgIpc) is 2.96. The van der Waals surface area contributed by atoms with E-state index < -0.39 is 35.6 Å². The fourth-order valence-corrected chi connectivity index (χ4v) is 12.3. The molecule has 8 heteroatoms. The number of esters is 1. The molecule has 2 unspecified atom stereocenters. The normalized spacial score (nSPS) is 55.0. The van der Waals surface area contributed by atoms with Gasteiger partial charge in [0.1, 0.15) is 18.3 Å². The molecule has 0 radical (unpaired) electrons. The van der Waals surface area contributed by atoms with Gasteiger partial charge in [0.05, 0.1) is 30.8 Å². The largest absolute Gasteiger partial charge is 0.469 e. The van der Waals surface area contributed by atoms with Crippen LogP contribution in [0.15, 0.2) is 11.6 Å². The molecule has 6 rings (SSSR count). The van der Waals surface area contributed by atoms with E-state index in [0.717, 1.165) is 57.8 Å². The zero-order chi connectivity index (χ0) is 32.3. The second-order valence-electron chi connectivity index (χ2n) is 17.3. The Kier molecular flexibility index (Phi) is 7.84. The molecule has 0 aromatic heterocycles. The van der Waals surface area contributed by atoms with Gasteiger partial charge in [-0.15, -0.1) is 0 Å². The third-order valence-corrected chi connectivity index (χ3v) is 15.3. The van der Waals surface area contributed by atoms with Crippen LogP contribution in [-0.4, -0.2) is 76.4 Å². The van der Waals surface area contributed by atoms with Gasteiger partial charge in [0, 0.05) is 5.92 Å². The average molecular weight is 619 g/mol. The number of aliphatic hydroxyl groups is 4. The molecule has 0 amide bonds. The van der Waals surface area contributed by atoms with Crippen molar-refractivity contribution in [2.75, 3.05) is 13.7 Å². The minimum absolute atomic E-state index is 0.00801. The Morgan fingerprint density at radius 3 is 2.30 bits per heavy atom. The van der Waals surface area contributed by atoms with E-state index in [1.807, 2.05) is 6.92 Å². The smallest absolute Gasteiger partial charge is 0.312 e. The van der Waals surface area contributed by atoms with Gasteiger partial charge in [-0.05, 0) is 104 Å². The van der Waals surface area contributed by atoms with Crippen LogP contribution < -0.4 is 0 Å². The second kappa shape index (κ2) is 10.5. The molecule has 14 atom stereocenters. The highest BCUT2D eigenvalue weighted by molar-refractivity contribution is 5.79. The van der Waals surface area contributed by atoms with Gasteiger partial charge in [-0.2, -0.15) is 0 Å². The number of rotatable bonds is 3. The lowest BCUT2D eigenvalue weighted by molar-refractivity contribution is -0.308. The van der Waals surface area contributed by atoms with Gasteiger partial charge in [0.15, 0.2) is 6.29 Å². The van der Waals surface area contributed by atoms with Crippen LogP contribution in [0.1, 0.15) is 106 Å². The van der Waals surface area contributed by atoms with Crippen molar-refractivity contribution in [2.24, 2.45) is 50.7 Å². The van der Waals surface area contributed by atoms with Crippen LogP contribution >= 0.6 is 0 Å². The molecule has 8 nitrogen and oxygen atoms in total. The highest BCUT2D eigenvalue weighted by Gasteiger charge is 2.71. The second-order valence-corrected chi connectivity index (χ2v) is 17.3. The number of hydrogen-bond donors (Lipinski definition) is 4. The molecule has 1 saturated heterocycles. The Bertz CT molecular complexity index is 1180. The first kappa shape index (κ1) is 32.9. The van der Waals surface area contributed by atoms with E-state index in [0.29, 0.717) is 11.8 Å². The highest BCUT2D eigenvalue weighted by atomic mass is 16.7. The third-order valence-electron chi connectivity index (χ3n) is 15.3. The molecule has 6 aliphatic rings. The van der Waals surface area contributed by atoms with E-state index in [1.165, 1.54) is 12.7 Å². The molecule has 0 bridgehead atoms. The Labute approximate surface area is 263 Å². The molecule has 250 valence electrons. The van der Waals surface area contributed by atoms with E-state index in [-0.39, 0.29) is 52.2 Å². The minimum atomic E-state index is -1.29. The first-order chi connectivity index (χ1) is 20.4. The molecule has 1 heterocycles. The van der Waals surface area contributed by atoms with Crippen LogP contribution in [0.25, 0.3) is 0 Å². The number of allylic oxidation sites excluding steroid dienone is 1. The quantitative estimate of drug-likeness (QED) is 0.203. The third kappa shape index (κ3) is 4.19. The van der Waals surface area contributed by atoms with Crippen LogP contribution in [0.3, 0.4) is 0 Å². The summed E-state index contributed by atoms with van der Waals surface area (Å²) < 4.78 is 17.6. The summed E-state index contributed by atoms with van der Waals surface area (Å²) in [5, 5.41) is 43.0. The van der Waals surface area contributed by atoms with Crippen LogP contribution in [0.5, 0.6) is 0 Å². The van der Waals surface area contributed by atoms with Gasteiger partial charge in [-0.25, -0.2) is 0 Å². The van der Waals surface area contributed by atoms with Crippen molar-refractivity contribution in [2.45, 2.75) is 143 Å². The first-order valence-electron chi connectivity index (χ1n) is 17.2. The Morgan fingerprint density at radius 2 is 1.61 bits per heavy atom. The van der Waals surface area contributed by atoms with Gasteiger partial charge in [-0.3, -0.25) is 4.79 Å². The van der Waals surface area contributed by atoms with E-state index in [2.05, 4.69) is 47.6 Å². The fourth-order valence-electron chi connectivity index (χ4n) is 12.3. The molecule has 4 saturated carbocycles. The Hall–Kier alpha value is -1.03. The molecular weight excluding hydrogens is 560 g/mol. The Balaban J connectivity index is 1.33. The summed E-state index contributed by atoms with van der Waals surface area (Å²) in [6.45, 7) is 16.1. The summed E-state index contributed by atoms with van der Waals surface area (Å²) in [7, 11) is 1.50. The molecule has 44 heavy (non-hydrogen) atoms. The maximum atomic E-state index is 13.6. The van der Waals surface area contributed by atoms with Crippen LogP contribution in [-0.2, 0) is 19.0 Å². The number of aliphatic hydroxyl groups excluding tert-OH is 3. The van der Waals surface area contributed by atoms with Gasteiger partial charge in [0.2, 0.25) is 0 Å². The van der Waals surface area contributed by atoms with Crippen molar-refractivity contribution in [3.05, 3.63) is 11.6 Å². The van der Waals surface area contributed by atoms with Crippen molar-refractivity contribution in [1.29, 1.82) is 0 Å². The summed E-state index contributed by atoms with van der Waals surface area (Å²) in [4.78, 5) is 13.6. The summed E-state index contributed by atoms with van der Waals surface area (Å²) in [6.07, 6.45) is 5.76. The lowest BCUT2D eigenvalue weighted by atomic mass is 9.33. The zero-order valence-corrected chi connectivity index (χ0v) is 28.3. The van der Waals surface area contributed by atoms with Crippen molar-refractivity contribution in [3.63, 3.8) is 0 Å². The lowest BCUT2D eigenvalue weighted by Gasteiger charge is -2.72. The molecular formula is C36H58O8. The molecule has 0 aromatic rings. The van der Waals surface area contributed by atoms with Gasteiger partial charge in [0.25, 0.3) is 0 Å². The molecule has 4 N–H and O–H groups in total. The van der Waals surface area contributed by atoms with E-state index in [1.54, 1.807) is 0 Å². The maximum absolute atomic E-state index is 13.6. The standard InChI is InChI=1S/C36H58O8/c1-20-11-16-36(30(40)42-8)18-17-33(5)21(28(36)35(20,7)41)9-10-24-32(4)14-13-25(31(2,3)23(32)12-15-34(24,33)6)44-29-27(39)26(38)22(37)19-43-29/h9,20,22-29,37-39,41H,10-19H2,1-8H3/t20-,22+,23?,24?,25+,26+,27-,28-,29+,32+,33-,34-,35-,36+/m1/s1. The highest BCUT2D eigenvalue weighted by Crippen LogP contribution is 2.76. The number of methoxy groups -OCH3 is 1. The molecule has 5 fully saturated rings. The van der Waals surface area contributed by atoms with Crippen molar-refractivity contribution < 1.29 is 39.4 Å². The summed E-state index contributed by atoms with van der Waals surface area (Å²) >= 11 is 0. The molecule has 1 aliphatic heterocycles. The van der Waals surface area contributed by atoms with Gasteiger partial charge in [-0.1, -0.05) is 53.2 Å². The van der Waals surface area contributed by atoms with Crippen LogP contribution in [0.4, 0.5) is 0 Å². The summed E-state index contributed by atoms with van der Waals surface area (Å²) in [5.41, 5.74) is -0.632. The molecule has 0 aromatic carbocycles. The zero-order valence-electron chi connectivity index (χ0n) is 28.3. The molecule has 0 spiro atoms. The number of hydrogen-bond acceptors (Lipinski definition) is 8. The maximum Gasteiger partial charge on any atom is 0.312 e. The topological polar surface area (TPSA) is 126 Å². The monoisotopic (exact) mass is 618 g/mol. The van der Waals surface area contributed by atoms with Crippen LogP contribution in [0.2, 0.25) is 0 Å². The van der Waals surface area contributed by atoms with Crippen molar-refractivity contribution in [3.8, 4) is 0 Å². The number of carbonyl (C=O) groups excluding carboxylic acids is 1. The fraction of sp³-hybridized carbons (Fsp3) is 0.917. The van der Waals surface area contributed by atoms with Gasteiger partial charge >= 0.3 is 5.97 Å². The van der Waals surface area contributed by atoms with E-state index >= 15 is 0 Å². The van der Waals surface area contributed by atoms with Gasteiger partial charge < -0.3 is 34.6 Å². The SMILES string of the molecule is COC(=O)[C@]12CC[C@@H](C)[C@@](C)(O)[C@H]1C1=CCC3[C@@]4(C)CC[C@H](O[C@@H]5OC[C@H](O)[C@H](O)[C@H]5O)C(C)(C)C4CC[C@@]3(C)[C@]1(C)CC2. The van der Waals surface area contributed by atoms with Crippen molar-refractivity contribution in [1.82, 2.24) is 0 Å². The first-order valence-corrected chi connectivity index (χ1v) is 17.2. The minimum Gasteiger partial charge on any atom is -0.469 e.